The van der Waals surface area contributed by atoms with Crippen LogP contribution in [-0.4, -0.2) is 12.0 Å². The second kappa shape index (κ2) is 6.09. The summed E-state index contributed by atoms with van der Waals surface area (Å²) in [4.78, 5) is 3.98. The van der Waals surface area contributed by atoms with Gasteiger partial charge in [-0.1, -0.05) is 6.92 Å². The Morgan fingerprint density at radius 1 is 1.10 bits per heavy atom. The molecule has 1 N–H and O–H groups in total. The summed E-state index contributed by atoms with van der Waals surface area (Å²) in [7, 11) is 1.78. The first-order valence-corrected chi connectivity index (χ1v) is 6.57. The molecule has 0 saturated carbocycles. The van der Waals surface area contributed by atoms with Crippen LogP contribution in [-0.2, 0) is 0 Å². The molecule has 1 aromatic carbocycles. The molecule has 2 aromatic rings. The smallest absolute Gasteiger partial charge is 0.130 e. The maximum atomic E-state index is 14.1. The van der Waals surface area contributed by atoms with Crippen molar-refractivity contribution in [3.05, 3.63) is 65.0 Å². The number of hydrogen-bond acceptors (Lipinski definition) is 2. The van der Waals surface area contributed by atoms with Gasteiger partial charge in [-0.15, -0.1) is 0 Å². The number of halogens is 2. The minimum absolute atomic E-state index is 0.0439. The number of rotatable bonds is 4. The van der Waals surface area contributed by atoms with Gasteiger partial charge in [0.05, 0.1) is 0 Å². The molecule has 0 spiro atoms. The number of nitrogens with zero attached hydrogens (tertiary/aromatic N) is 1. The van der Waals surface area contributed by atoms with Gasteiger partial charge in [-0.05, 0) is 43.3 Å². The summed E-state index contributed by atoms with van der Waals surface area (Å²) in [6.45, 7) is 3.65. The summed E-state index contributed by atoms with van der Waals surface area (Å²) >= 11 is 0. The number of nitrogens with one attached hydrogen (secondary N) is 1. The summed E-state index contributed by atoms with van der Waals surface area (Å²) in [6.07, 6.45) is 3.43. The molecule has 0 aliphatic carbocycles. The van der Waals surface area contributed by atoms with Crippen molar-refractivity contribution in [1.82, 2.24) is 10.3 Å². The van der Waals surface area contributed by atoms with Crippen LogP contribution in [0.5, 0.6) is 0 Å². The van der Waals surface area contributed by atoms with Crippen molar-refractivity contribution >= 4 is 0 Å². The van der Waals surface area contributed by atoms with Gasteiger partial charge in [-0.2, -0.15) is 0 Å². The molecule has 2 nitrogen and oxygen atoms in total. The number of aryl methyl sites for hydroxylation is 1. The van der Waals surface area contributed by atoms with E-state index in [1.165, 1.54) is 0 Å². The van der Waals surface area contributed by atoms with Gasteiger partial charge in [0.2, 0.25) is 0 Å². The van der Waals surface area contributed by atoms with Crippen LogP contribution < -0.4 is 5.32 Å². The van der Waals surface area contributed by atoms with E-state index < -0.39 is 11.6 Å². The Kier molecular flexibility index (Phi) is 4.45. The maximum Gasteiger partial charge on any atom is 0.130 e. The molecule has 0 radical (unpaired) electrons. The molecule has 2 atom stereocenters. The van der Waals surface area contributed by atoms with Crippen molar-refractivity contribution in [3.63, 3.8) is 0 Å². The Morgan fingerprint density at radius 2 is 1.75 bits per heavy atom. The number of aromatic nitrogens is 1. The predicted molar refractivity (Wildman–Crippen MR) is 75.5 cm³/mol. The standard InChI is InChI=1S/C16H18F2N2/c1-10-8-13(15(18)9-14(10)17)16(19-3)11(2)12-4-6-20-7-5-12/h4-9,11,16,19H,1-3H3. The molecular weight excluding hydrogens is 258 g/mol. The van der Waals surface area contributed by atoms with E-state index in [-0.39, 0.29) is 12.0 Å². The number of benzene rings is 1. The zero-order valence-corrected chi connectivity index (χ0v) is 11.8. The molecule has 4 heteroatoms. The molecule has 0 bridgehead atoms. The molecule has 0 fully saturated rings. The summed E-state index contributed by atoms with van der Waals surface area (Å²) in [5, 5.41) is 3.12. The van der Waals surface area contributed by atoms with Crippen LogP contribution in [0.1, 0.15) is 35.6 Å². The summed E-state index contributed by atoms with van der Waals surface area (Å²) in [5.74, 6) is -0.992. The Balaban J connectivity index is 2.40. The fourth-order valence-corrected chi connectivity index (χ4v) is 2.45. The zero-order valence-electron chi connectivity index (χ0n) is 11.8. The molecule has 0 amide bonds. The average molecular weight is 276 g/mol. The minimum atomic E-state index is -0.520. The minimum Gasteiger partial charge on any atom is -0.312 e. The SMILES string of the molecule is CNC(c1cc(C)c(F)cc1F)C(C)c1ccncc1. The van der Waals surface area contributed by atoms with Crippen molar-refractivity contribution in [3.8, 4) is 0 Å². The third kappa shape index (κ3) is 2.85. The van der Waals surface area contributed by atoms with E-state index in [4.69, 9.17) is 0 Å². The molecule has 1 heterocycles. The van der Waals surface area contributed by atoms with Gasteiger partial charge < -0.3 is 5.32 Å². The molecule has 0 saturated heterocycles. The molecule has 2 rings (SSSR count). The van der Waals surface area contributed by atoms with Crippen LogP contribution in [0.2, 0.25) is 0 Å². The Morgan fingerprint density at radius 3 is 2.35 bits per heavy atom. The molecule has 1 aromatic heterocycles. The Bertz CT molecular complexity index is 585. The predicted octanol–water partition coefficient (Wildman–Crippen LogP) is 3.73. The van der Waals surface area contributed by atoms with E-state index in [0.29, 0.717) is 11.1 Å². The number of pyridine rings is 1. The second-order valence-electron chi connectivity index (χ2n) is 4.96. The molecule has 2 unspecified atom stereocenters. The fourth-order valence-electron chi connectivity index (χ4n) is 2.45. The van der Waals surface area contributed by atoms with Crippen molar-refractivity contribution in [1.29, 1.82) is 0 Å². The van der Waals surface area contributed by atoms with Crippen LogP contribution in [0, 0.1) is 18.6 Å². The highest BCUT2D eigenvalue weighted by molar-refractivity contribution is 5.31. The van der Waals surface area contributed by atoms with Crippen LogP contribution in [0.4, 0.5) is 8.78 Å². The average Bonchev–Trinajstić information content (AvgIpc) is 2.46. The normalized spacial score (nSPS) is 14.1. The zero-order chi connectivity index (χ0) is 14.7. The first kappa shape index (κ1) is 14.6. The third-order valence-electron chi connectivity index (χ3n) is 3.66. The maximum absolute atomic E-state index is 14.1. The van der Waals surface area contributed by atoms with Crippen LogP contribution in [0.3, 0.4) is 0 Å². The van der Waals surface area contributed by atoms with Gasteiger partial charge >= 0.3 is 0 Å². The largest absolute Gasteiger partial charge is 0.312 e. The molecule has 106 valence electrons. The molecule has 20 heavy (non-hydrogen) atoms. The first-order chi connectivity index (χ1) is 9.54. The van der Waals surface area contributed by atoms with Gasteiger partial charge in [-0.25, -0.2) is 8.78 Å². The highest BCUT2D eigenvalue weighted by atomic mass is 19.1. The van der Waals surface area contributed by atoms with Crippen molar-refractivity contribution in [2.75, 3.05) is 7.05 Å². The number of likely N-dealkylation sites (N-methyl/N-ethyl adjacent to an activating group) is 1. The first-order valence-electron chi connectivity index (χ1n) is 6.57. The summed E-state index contributed by atoms with van der Waals surface area (Å²) in [6, 6.07) is 6.11. The van der Waals surface area contributed by atoms with E-state index in [1.807, 2.05) is 19.1 Å². The lowest BCUT2D eigenvalue weighted by Crippen LogP contribution is -2.23. The summed E-state index contributed by atoms with van der Waals surface area (Å²) in [5.41, 5.74) is 1.99. The molecule has 0 aliphatic heterocycles. The van der Waals surface area contributed by atoms with Crippen LogP contribution in [0.25, 0.3) is 0 Å². The van der Waals surface area contributed by atoms with Crippen molar-refractivity contribution in [2.24, 2.45) is 0 Å². The lowest BCUT2D eigenvalue weighted by atomic mass is 9.88. The van der Waals surface area contributed by atoms with Gasteiger partial charge in [0.1, 0.15) is 11.6 Å². The van der Waals surface area contributed by atoms with Gasteiger partial charge in [0.15, 0.2) is 0 Å². The van der Waals surface area contributed by atoms with E-state index in [0.717, 1.165) is 11.6 Å². The van der Waals surface area contributed by atoms with Crippen molar-refractivity contribution < 1.29 is 8.78 Å². The lowest BCUT2D eigenvalue weighted by Gasteiger charge is -2.25. The Hall–Kier alpha value is -1.81. The highest BCUT2D eigenvalue weighted by Gasteiger charge is 2.23. The fraction of sp³-hybridized carbons (Fsp3) is 0.312. The van der Waals surface area contributed by atoms with E-state index in [2.05, 4.69) is 10.3 Å². The van der Waals surface area contributed by atoms with Crippen molar-refractivity contribution in [2.45, 2.75) is 25.8 Å². The topological polar surface area (TPSA) is 24.9 Å². The third-order valence-corrected chi connectivity index (χ3v) is 3.66. The quantitative estimate of drug-likeness (QED) is 0.920. The van der Waals surface area contributed by atoms with Crippen LogP contribution in [0.15, 0.2) is 36.7 Å². The molecular formula is C16H18F2N2. The monoisotopic (exact) mass is 276 g/mol. The van der Waals surface area contributed by atoms with E-state index in [9.17, 15) is 8.78 Å². The van der Waals surface area contributed by atoms with Gasteiger partial charge in [0, 0.05) is 36.0 Å². The number of hydrogen-bond donors (Lipinski definition) is 1. The van der Waals surface area contributed by atoms with E-state index >= 15 is 0 Å². The molecule has 0 aliphatic rings. The van der Waals surface area contributed by atoms with Gasteiger partial charge in [0.25, 0.3) is 0 Å². The highest BCUT2D eigenvalue weighted by Crippen LogP contribution is 2.32. The summed E-state index contributed by atoms with van der Waals surface area (Å²) < 4.78 is 27.4. The van der Waals surface area contributed by atoms with Gasteiger partial charge in [-0.3, -0.25) is 4.98 Å². The van der Waals surface area contributed by atoms with E-state index in [1.54, 1.807) is 32.4 Å². The Labute approximate surface area is 117 Å². The van der Waals surface area contributed by atoms with Crippen LogP contribution >= 0.6 is 0 Å². The second-order valence-corrected chi connectivity index (χ2v) is 4.96. The lowest BCUT2D eigenvalue weighted by molar-refractivity contribution is 0.472.